The van der Waals surface area contributed by atoms with Crippen LogP contribution >= 0.6 is 0 Å². The lowest BCUT2D eigenvalue weighted by molar-refractivity contribution is 0.0204. The average molecular weight is 455 g/mol. The van der Waals surface area contributed by atoms with Crippen molar-refractivity contribution in [3.63, 3.8) is 0 Å². The van der Waals surface area contributed by atoms with Gasteiger partial charge in [0.05, 0.1) is 18.9 Å². The molecule has 0 aliphatic carbocycles. The summed E-state index contributed by atoms with van der Waals surface area (Å²) in [5.41, 5.74) is 3.43. The second-order valence-electron chi connectivity index (χ2n) is 8.86. The van der Waals surface area contributed by atoms with Crippen LogP contribution in [0.1, 0.15) is 18.9 Å². The number of nitrogens with zero attached hydrogens (tertiary/aromatic N) is 5. The number of benzene rings is 2. The molecule has 5 rings (SSSR count). The molecule has 2 aromatic carbocycles. The van der Waals surface area contributed by atoms with Crippen LogP contribution in [0.3, 0.4) is 0 Å². The van der Waals surface area contributed by atoms with Gasteiger partial charge >= 0.3 is 0 Å². The highest BCUT2D eigenvalue weighted by molar-refractivity contribution is 5.64. The number of anilines is 3. The zero-order valence-electron chi connectivity index (χ0n) is 18.8. The number of halogens is 2. The largest absolute Gasteiger partial charge is 0.379 e. The summed E-state index contributed by atoms with van der Waals surface area (Å²) in [6, 6.07) is 10.6. The molecule has 2 aliphatic heterocycles. The average Bonchev–Trinajstić information content (AvgIpc) is 3.40. The Bertz CT molecular complexity index is 1110. The predicted molar refractivity (Wildman–Crippen MR) is 123 cm³/mol. The molecule has 1 aromatic heterocycles. The molecule has 33 heavy (non-hydrogen) atoms. The van der Waals surface area contributed by atoms with E-state index >= 15 is 0 Å². The number of hydrogen-bond acceptors (Lipinski definition) is 6. The summed E-state index contributed by atoms with van der Waals surface area (Å²) in [4.78, 5) is 9.26. The molecule has 174 valence electrons. The van der Waals surface area contributed by atoms with Gasteiger partial charge in [0.15, 0.2) is 0 Å². The van der Waals surface area contributed by atoms with Crippen molar-refractivity contribution in [3.8, 4) is 5.69 Å². The van der Waals surface area contributed by atoms with Crippen LogP contribution in [0.4, 0.5) is 26.1 Å². The highest BCUT2D eigenvalue weighted by Crippen LogP contribution is 2.32. The number of aryl methyl sites for hydroxylation is 1. The number of aromatic nitrogens is 3. The van der Waals surface area contributed by atoms with Crippen molar-refractivity contribution in [3.05, 3.63) is 59.9 Å². The smallest absolute Gasteiger partial charge is 0.246 e. The molecule has 0 bridgehead atoms. The molecule has 3 aromatic rings. The third-order valence-electron chi connectivity index (χ3n) is 6.37. The molecule has 1 N–H and O–H groups in total. The zero-order valence-corrected chi connectivity index (χ0v) is 18.8. The highest BCUT2D eigenvalue weighted by Gasteiger charge is 2.33. The number of rotatable bonds is 5. The van der Waals surface area contributed by atoms with E-state index in [0.29, 0.717) is 18.0 Å². The van der Waals surface area contributed by atoms with E-state index in [1.807, 2.05) is 6.07 Å². The van der Waals surface area contributed by atoms with Crippen LogP contribution in [0.2, 0.25) is 0 Å². The molecule has 0 spiro atoms. The molecular formula is C24H28F2N6O. The van der Waals surface area contributed by atoms with E-state index in [1.54, 1.807) is 0 Å². The first-order valence-corrected chi connectivity index (χ1v) is 11.3. The molecule has 2 unspecified atom stereocenters. The molecule has 2 aliphatic rings. The fourth-order valence-electron chi connectivity index (χ4n) is 4.82. The third-order valence-corrected chi connectivity index (χ3v) is 6.37. The lowest BCUT2D eigenvalue weighted by atomic mass is 10.1. The minimum atomic E-state index is -0.659. The van der Waals surface area contributed by atoms with Gasteiger partial charge in [0.25, 0.3) is 0 Å². The SMILES string of the molecule is Cc1cc(Nc2ncn(-c3cc(F)cc(F)c3)n2)cc(N2CC(N3CCOCC3)CC2C)c1. The van der Waals surface area contributed by atoms with Crippen LogP contribution < -0.4 is 10.2 Å². The molecule has 0 amide bonds. The maximum absolute atomic E-state index is 13.6. The highest BCUT2D eigenvalue weighted by atomic mass is 19.1. The quantitative estimate of drug-likeness (QED) is 0.631. The summed E-state index contributed by atoms with van der Waals surface area (Å²) in [6.45, 7) is 8.94. The van der Waals surface area contributed by atoms with Crippen LogP contribution in [-0.4, -0.2) is 64.6 Å². The summed E-state index contributed by atoms with van der Waals surface area (Å²) < 4.78 is 34.0. The maximum atomic E-state index is 13.6. The van der Waals surface area contributed by atoms with Crippen LogP contribution in [-0.2, 0) is 4.74 Å². The van der Waals surface area contributed by atoms with Gasteiger partial charge in [-0.3, -0.25) is 4.90 Å². The van der Waals surface area contributed by atoms with Crippen molar-refractivity contribution in [1.82, 2.24) is 19.7 Å². The lowest BCUT2D eigenvalue weighted by Gasteiger charge is -2.32. The Balaban J connectivity index is 1.33. The van der Waals surface area contributed by atoms with E-state index in [1.165, 1.54) is 23.1 Å². The Morgan fingerprint density at radius 3 is 2.52 bits per heavy atom. The topological polar surface area (TPSA) is 58.5 Å². The Hall–Kier alpha value is -3.04. The molecule has 0 radical (unpaired) electrons. The minimum Gasteiger partial charge on any atom is -0.379 e. The fourth-order valence-corrected chi connectivity index (χ4v) is 4.82. The van der Waals surface area contributed by atoms with E-state index < -0.39 is 11.6 Å². The first-order chi connectivity index (χ1) is 15.9. The van der Waals surface area contributed by atoms with Gasteiger partial charge in [-0.15, -0.1) is 5.10 Å². The van der Waals surface area contributed by atoms with Gasteiger partial charge < -0.3 is 15.0 Å². The van der Waals surface area contributed by atoms with Crippen LogP contribution in [0.5, 0.6) is 0 Å². The maximum Gasteiger partial charge on any atom is 0.246 e. The van der Waals surface area contributed by atoms with Crippen LogP contribution in [0, 0.1) is 18.6 Å². The summed E-state index contributed by atoms with van der Waals surface area (Å²) >= 11 is 0. The van der Waals surface area contributed by atoms with Gasteiger partial charge in [0.2, 0.25) is 5.95 Å². The summed E-state index contributed by atoms with van der Waals surface area (Å²) in [5, 5.41) is 7.57. The Morgan fingerprint density at radius 1 is 1.00 bits per heavy atom. The lowest BCUT2D eigenvalue weighted by Crippen LogP contribution is -2.44. The van der Waals surface area contributed by atoms with E-state index in [0.717, 1.165) is 62.3 Å². The number of nitrogens with one attached hydrogen (secondary N) is 1. The summed E-state index contributed by atoms with van der Waals surface area (Å²) in [6.07, 6.45) is 2.57. The van der Waals surface area contributed by atoms with Crippen molar-refractivity contribution in [2.45, 2.75) is 32.4 Å². The van der Waals surface area contributed by atoms with E-state index in [9.17, 15) is 8.78 Å². The van der Waals surface area contributed by atoms with Crippen molar-refractivity contribution in [1.29, 1.82) is 0 Å². The first kappa shape index (κ1) is 21.8. The minimum absolute atomic E-state index is 0.276. The number of morpholine rings is 1. The molecule has 2 saturated heterocycles. The zero-order chi connectivity index (χ0) is 22.9. The van der Waals surface area contributed by atoms with Crippen molar-refractivity contribution < 1.29 is 13.5 Å². The molecule has 2 atom stereocenters. The predicted octanol–water partition coefficient (Wildman–Crippen LogP) is 3.90. The van der Waals surface area contributed by atoms with Gasteiger partial charge in [-0.1, -0.05) is 0 Å². The van der Waals surface area contributed by atoms with E-state index in [4.69, 9.17) is 4.74 Å². The summed E-state index contributed by atoms with van der Waals surface area (Å²) in [7, 11) is 0. The third kappa shape index (κ3) is 4.84. The molecule has 9 heteroatoms. The molecule has 0 saturated carbocycles. The first-order valence-electron chi connectivity index (χ1n) is 11.3. The Kier molecular flexibility index (Phi) is 5.99. The van der Waals surface area contributed by atoms with Crippen molar-refractivity contribution >= 4 is 17.3 Å². The van der Waals surface area contributed by atoms with Crippen LogP contribution in [0.25, 0.3) is 5.69 Å². The Morgan fingerprint density at radius 2 is 1.76 bits per heavy atom. The van der Waals surface area contributed by atoms with Gasteiger partial charge in [0, 0.05) is 49.2 Å². The number of ether oxygens (including phenoxy) is 1. The molecular weight excluding hydrogens is 426 g/mol. The Labute approximate surface area is 192 Å². The molecule has 2 fully saturated rings. The van der Waals surface area contributed by atoms with Gasteiger partial charge in [-0.2, -0.15) is 4.98 Å². The van der Waals surface area contributed by atoms with Gasteiger partial charge in [0.1, 0.15) is 18.0 Å². The summed E-state index contributed by atoms with van der Waals surface area (Å²) in [5.74, 6) is -0.959. The standard InChI is InChI=1S/C24H28F2N6O/c1-16-7-20(28-24-27-15-32(29-24)22-11-18(25)10-19(26)12-22)13-21(8-16)31-14-23(9-17(31)2)30-3-5-33-6-4-30/h7-8,10-13,15,17,23H,3-6,9,14H2,1-2H3,(H,28,29). The van der Waals surface area contributed by atoms with Gasteiger partial charge in [-0.25, -0.2) is 13.5 Å². The number of hydrogen-bond donors (Lipinski definition) is 1. The molecule has 3 heterocycles. The van der Waals surface area contributed by atoms with E-state index in [2.05, 4.69) is 51.2 Å². The van der Waals surface area contributed by atoms with Crippen molar-refractivity contribution in [2.24, 2.45) is 0 Å². The second kappa shape index (κ2) is 9.07. The molecule has 7 nitrogen and oxygen atoms in total. The normalized spacial score (nSPS) is 21.5. The second-order valence-corrected chi connectivity index (χ2v) is 8.86. The van der Waals surface area contributed by atoms with Crippen molar-refractivity contribution in [2.75, 3.05) is 43.1 Å². The monoisotopic (exact) mass is 454 g/mol. The van der Waals surface area contributed by atoms with Gasteiger partial charge in [-0.05, 0) is 56.2 Å². The fraction of sp³-hybridized carbons (Fsp3) is 0.417. The van der Waals surface area contributed by atoms with Crippen LogP contribution in [0.15, 0.2) is 42.7 Å². The van der Waals surface area contributed by atoms with E-state index in [-0.39, 0.29) is 5.69 Å².